The van der Waals surface area contributed by atoms with E-state index >= 15 is 0 Å². The third-order valence-electron chi connectivity index (χ3n) is 2.88. The first-order chi connectivity index (χ1) is 7.10. The van der Waals surface area contributed by atoms with Gasteiger partial charge in [0.05, 0.1) is 16.1 Å². The van der Waals surface area contributed by atoms with Crippen LogP contribution in [0.5, 0.6) is 0 Å². The van der Waals surface area contributed by atoms with Crippen LogP contribution in [0.2, 0.25) is 0 Å². The van der Waals surface area contributed by atoms with Gasteiger partial charge in [-0.3, -0.25) is 0 Å². The van der Waals surface area contributed by atoms with Crippen LogP contribution in [0.1, 0.15) is 23.5 Å². The number of aryl methyl sites for hydroxylation is 1. The summed E-state index contributed by atoms with van der Waals surface area (Å²) in [6.07, 6.45) is 0.932. The van der Waals surface area contributed by atoms with Crippen molar-refractivity contribution in [2.75, 3.05) is 7.11 Å². The van der Waals surface area contributed by atoms with Gasteiger partial charge in [0.1, 0.15) is 0 Å². The van der Waals surface area contributed by atoms with Crippen LogP contribution in [-0.2, 0) is 14.9 Å². The SMILES string of the molecule is COC(C(=O)O)C1(c2csc(C)n2)CC1. The second kappa shape index (κ2) is 3.57. The Morgan fingerprint density at radius 3 is 2.73 bits per heavy atom. The highest BCUT2D eigenvalue weighted by Crippen LogP contribution is 2.51. The lowest BCUT2D eigenvalue weighted by atomic mass is 9.96. The minimum atomic E-state index is -0.902. The summed E-state index contributed by atoms with van der Waals surface area (Å²) < 4.78 is 5.07. The molecule has 5 heteroatoms. The zero-order valence-electron chi connectivity index (χ0n) is 8.69. The number of carbonyl (C=O) groups is 1. The topological polar surface area (TPSA) is 59.4 Å². The van der Waals surface area contributed by atoms with E-state index in [9.17, 15) is 4.79 Å². The number of ether oxygens (including phenoxy) is 1. The summed E-state index contributed by atoms with van der Waals surface area (Å²) in [6, 6.07) is 0. The number of aliphatic carboxylic acids is 1. The van der Waals surface area contributed by atoms with Crippen LogP contribution in [0.25, 0.3) is 0 Å². The van der Waals surface area contributed by atoms with E-state index in [1.165, 1.54) is 7.11 Å². The van der Waals surface area contributed by atoms with Gasteiger partial charge in [0.15, 0.2) is 6.10 Å². The fraction of sp³-hybridized carbons (Fsp3) is 0.600. The number of methoxy groups -OCH3 is 1. The molecule has 15 heavy (non-hydrogen) atoms. The molecular weight excluding hydrogens is 214 g/mol. The highest BCUT2D eigenvalue weighted by Gasteiger charge is 2.56. The molecule has 1 atom stereocenters. The van der Waals surface area contributed by atoms with Crippen molar-refractivity contribution in [3.05, 3.63) is 16.1 Å². The predicted molar refractivity (Wildman–Crippen MR) is 56.2 cm³/mol. The fourth-order valence-corrected chi connectivity index (χ4v) is 2.66. The minimum absolute atomic E-state index is 0.370. The predicted octanol–water partition coefficient (Wildman–Crippen LogP) is 1.58. The number of carboxylic acids is 1. The lowest BCUT2D eigenvalue weighted by molar-refractivity contribution is -0.150. The molecule has 1 aliphatic rings. The van der Waals surface area contributed by atoms with Crippen LogP contribution in [0.4, 0.5) is 0 Å². The smallest absolute Gasteiger partial charge is 0.333 e. The number of hydrogen-bond acceptors (Lipinski definition) is 4. The van der Waals surface area contributed by atoms with Crippen molar-refractivity contribution >= 4 is 17.3 Å². The summed E-state index contributed by atoms with van der Waals surface area (Å²) in [7, 11) is 1.44. The van der Waals surface area contributed by atoms with Crippen LogP contribution in [-0.4, -0.2) is 29.3 Å². The molecule has 0 saturated heterocycles. The van der Waals surface area contributed by atoms with E-state index in [1.54, 1.807) is 11.3 Å². The summed E-state index contributed by atoms with van der Waals surface area (Å²) in [6.45, 7) is 1.92. The Labute approximate surface area is 91.9 Å². The Balaban J connectivity index is 2.30. The van der Waals surface area contributed by atoms with Gasteiger partial charge in [-0.15, -0.1) is 11.3 Å². The third kappa shape index (κ3) is 1.66. The lowest BCUT2D eigenvalue weighted by Gasteiger charge is -2.19. The normalized spacial score (nSPS) is 19.9. The van der Waals surface area contributed by atoms with Gasteiger partial charge in [-0.1, -0.05) is 0 Å². The molecule has 2 rings (SSSR count). The van der Waals surface area contributed by atoms with E-state index in [0.717, 1.165) is 23.5 Å². The van der Waals surface area contributed by atoms with Crippen molar-refractivity contribution in [2.24, 2.45) is 0 Å². The fourth-order valence-electron chi connectivity index (χ4n) is 1.94. The van der Waals surface area contributed by atoms with E-state index < -0.39 is 12.1 Å². The Morgan fingerprint density at radius 1 is 1.73 bits per heavy atom. The van der Waals surface area contributed by atoms with Gasteiger partial charge in [-0.2, -0.15) is 0 Å². The largest absolute Gasteiger partial charge is 0.479 e. The van der Waals surface area contributed by atoms with Gasteiger partial charge >= 0.3 is 5.97 Å². The highest BCUT2D eigenvalue weighted by molar-refractivity contribution is 7.09. The number of nitrogens with zero attached hydrogens (tertiary/aromatic N) is 1. The van der Waals surface area contributed by atoms with Gasteiger partial charge in [0, 0.05) is 12.5 Å². The molecule has 1 saturated carbocycles. The second-order valence-electron chi connectivity index (χ2n) is 3.86. The molecule has 0 bridgehead atoms. The number of thiazole rings is 1. The van der Waals surface area contributed by atoms with E-state index in [1.807, 2.05) is 12.3 Å². The van der Waals surface area contributed by atoms with Gasteiger partial charge in [0.2, 0.25) is 0 Å². The highest BCUT2D eigenvalue weighted by atomic mass is 32.1. The average Bonchev–Trinajstić information content (AvgIpc) is 2.83. The molecule has 1 unspecified atom stereocenters. The molecule has 0 aromatic carbocycles. The maximum Gasteiger partial charge on any atom is 0.333 e. The molecule has 1 fully saturated rings. The van der Waals surface area contributed by atoms with E-state index in [2.05, 4.69) is 4.98 Å². The zero-order valence-corrected chi connectivity index (χ0v) is 9.50. The molecule has 82 valence electrons. The maximum atomic E-state index is 11.0. The Bertz CT molecular complexity index is 384. The van der Waals surface area contributed by atoms with Crippen molar-refractivity contribution in [1.82, 2.24) is 4.98 Å². The van der Waals surface area contributed by atoms with Crippen LogP contribution >= 0.6 is 11.3 Å². The van der Waals surface area contributed by atoms with Gasteiger partial charge in [0.25, 0.3) is 0 Å². The van der Waals surface area contributed by atoms with Crippen LogP contribution in [0.3, 0.4) is 0 Å². The molecule has 1 aromatic heterocycles. The summed E-state index contributed by atoms with van der Waals surface area (Å²) in [5.74, 6) is -0.902. The molecular formula is C10H13NO3S. The maximum absolute atomic E-state index is 11.0. The molecule has 1 aliphatic carbocycles. The summed E-state index contributed by atoms with van der Waals surface area (Å²) in [5, 5.41) is 12.0. The number of rotatable bonds is 4. The van der Waals surface area contributed by atoms with Crippen LogP contribution in [0.15, 0.2) is 5.38 Å². The Hall–Kier alpha value is -0.940. The summed E-state index contributed by atoms with van der Waals surface area (Å²) in [5.41, 5.74) is 0.505. The van der Waals surface area contributed by atoms with Crippen molar-refractivity contribution in [3.8, 4) is 0 Å². The first-order valence-electron chi connectivity index (χ1n) is 4.78. The van der Waals surface area contributed by atoms with Crippen molar-refractivity contribution in [1.29, 1.82) is 0 Å². The molecule has 1 N–H and O–H groups in total. The van der Waals surface area contributed by atoms with Gasteiger partial charge in [-0.05, 0) is 19.8 Å². The number of carboxylic acid groups (broad SMARTS) is 1. The standard InChI is InChI=1S/C10H13NO3S/c1-6-11-7(5-15-6)10(3-4-10)8(14-2)9(12)13/h5,8H,3-4H2,1-2H3,(H,12,13). The van der Waals surface area contributed by atoms with E-state index in [4.69, 9.17) is 9.84 Å². The van der Waals surface area contributed by atoms with E-state index in [-0.39, 0.29) is 5.41 Å². The summed E-state index contributed by atoms with van der Waals surface area (Å²) >= 11 is 1.55. The lowest BCUT2D eigenvalue weighted by Crippen LogP contribution is -2.36. The van der Waals surface area contributed by atoms with E-state index in [0.29, 0.717) is 0 Å². The molecule has 0 amide bonds. The first kappa shape index (κ1) is 10.6. The van der Waals surface area contributed by atoms with Crippen molar-refractivity contribution in [3.63, 3.8) is 0 Å². The first-order valence-corrected chi connectivity index (χ1v) is 5.66. The van der Waals surface area contributed by atoms with Crippen LogP contribution in [0, 0.1) is 6.92 Å². The Morgan fingerprint density at radius 2 is 2.40 bits per heavy atom. The second-order valence-corrected chi connectivity index (χ2v) is 4.92. The molecule has 1 aromatic rings. The van der Waals surface area contributed by atoms with Gasteiger partial charge < -0.3 is 9.84 Å². The quantitative estimate of drug-likeness (QED) is 0.848. The molecule has 0 spiro atoms. The summed E-state index contributed by atoms with van der Waals surface area (Å²) in [4.78, 5) is 15.4. The molecule has 0 aliphatic heterocycles. The minimum Gasteiger partial charge on any atom is -0.479 e. The number of aromatic nitrogens is 1. The van der Waals surface area contributed by atoms with Crippen LogP contribution < -0.4 is 0 Å². The third-order valence-corrected chi connectivity index (χ3v) is 3.65. The molecule has 0 radical (unpaired) electrons. The average molecular weight is 227 g/mol. The van der Waals surface area contributed by atoms with Crippen molar-refractivity contribution in [2.45, 2.75) is 31.3 Å². The van der Waals surface area contributed by atoms with Crippen molar-refractivity contribution < 1.29 is 14.6 Å². The molecule has 4 nitrogen and oxygen atoms in total. The Kier molecular flexibility index (Phi) is 2.52. The molecule has 1 heterocycles. The zero-order chi connectivity index (χ0) is 11.1. The van der Waals surface area contributed by atoms with Gasteiger partial charge in [-0.25, -0.2) is 9.78 Å². The number of hydrogen-bond donors (Lipinski definition) is 1. The monoisotopic (exact) mass is 227 g/mol.